The van der Waals surface area contributed by atoms with Gasteiger partial charge in [-0.15, -0.1) is 0 Å². The number of nitrogens with one attached hydrogen (secondary N) is 1. The van der Waals surface area contributed by atoms with E-state index in [1.807, 2.05) is 0 Å². The van der Waals surface area contributed by atoms with E-state index in [0.29, 0.717) is 38.9 Å². The lowest BCUT2D eigenvalue weighted by Gasteiger charge is -2.27. The molecular weight excluding hydrogens is 524 g/mol. The summed E-state index contributed by atoms with van der Waals surface area (Å²) in [5, 5.41) is 12.9. The predicted molar refractivity (Wildman–Crippen MR) is 136 cm³/mol. The Morgan fingerprint density at radius 3 is 2.62 bits per heavy atom. The molecule has 4 rings (SSSR count). The maximum atomic E-state index is 14.7. The molecule has 3 heterocycles. The Kier molecular flexibility index (Phi) is 8.04. The van der Waals surface area contributed by atoms with Crippen LogP contribution in [-0.4, -0.2) is 76.4 Å². The number of anilines is 2. The predicted octanol–water partition coefficient (Wildman–Crippen LogP) is 2.93. The number of amides is 1. The minimum Gasteiger partial charge on any atom is -0.506 e. The van der Waals surface area contributed by atoms with E-state index in [1.54, 1.807) is 11.8 Å². The van der Waals surface area contributed by atoms with Crippen LogP contribution < -0.4 is 15.8 Å². The largest absolute Gasteiger partial charge is 0.506 e. The lowest BCUT2D eigenvalue weighted by atomic mass is 10.2. The van der Waals surface area contributed by atoms with Crippen molar-refractivity contribution in [2.24, 2.45) is 0 Å². The van der Waals surface area contributed by atoms with Gasteiger partial charge in [0.1, 0.15) is 28.5 Å². The van der Waals surface area contributed by atoms with Gasteiger partial charge in [-0.25, -0.2) is 9.37 Å². The second-order valence-electron chi connectivity index (χ2n) is 8.56. The number of aromatic nitrogens is 3. The molecule has 1 aromatic carbocycles. The Labute approximate surface area is 220 Å². The van der Waals surface area contributed by atoms with E-state index in [4.69, 9.17) is 4.74 Å². The van der Waals surface area contributed by atoms with Crippen LogP contribution in [0, 0.1) is 5.82 Å². The SMILES string of the molecule is C=CC(=O)N(CC)CCNc1nc(N2CCOCC2)nc2c(=O)n(-c3c(O)cccc3F)c(C(F)(F)F)cc12. The molecule has 1 amide bonds. The summed E-state index contributed by atoms with van der Waals surface area (Å²) in [5.41, 5.74) is -4.18. The molecule has 2 aromatic heterocycles. The quantitative estimate of drug-likeness (QED) is 0.325. The number of halogens is 4. The van der Waals surface area contributed by atoms with Crippen molar-refractivity contribution >= 4 is 28.6 Å². The van der Waals surface area contributed by atoms with Crippen LogP contribution in [0.5, 0.6) is 5.75 Å². The highest BCUT2D eigenvalue weighted by Gasteiger charge is 2.38. The Morgan fingerprint density at radius 1 is 1.28 bits per heavy atom. The van der Waals surface area contributed by atoms with E-state index in [-0.39, 0.29) is 40.7 Å². The number of fused-ring (bicyclic) bond motifs is 1. The fraction of sp³-hybridized carbons (Fsp3) is 0.360. The molecular formula is C25H26F4N6O4. The van der Waals surface area contributed by atoms with Crippen LogP contribution in [0.3, 0.4) is 0 Å². The zero-order valence-corrected chi connectivity index (χ0v) is 21.0. The number of nitrogens with zero attached hydrogens (tertiary/aromatic N) is 5. The molecule has 0 spiro atoms. The van der Waals surface area contributed by atoms with Crippen molar-refractivity contribution < 1.29 is 32.2 Å². The van der Waals surface area contributed by atoms with Crippen LogP contribution in [0.25, 0.3) is 16.6 Å². The fourth-order valence-electron chi connectivity index (χ4n) is 4.23. The van der Waals surface area contributed by atoms with Crippen molar-refractivity contribution in [2.45, 2.75) is 13.1 Å². The molecule has 39 heavy (non-hydrogen) atoms. The maximum Gasteiger partial charge on any atom is 0.431 e. The lowest BCUT2D eigenvalue weighted by molar-refractivity contribution is -0.142. The topological polar surface area (TPSA) is 113 Å². The normalized spacial score (nSPS) is 13.9. The van der Waals surface area contributed by atoms with Crippen molar-refractivity contribution in [1.82, 2.24) is 19.4 Å². The van der Waals surface area contributed by atoms with Crippen molar-refractivity contribution in [3.8, 4) is 11.4 Å². The molecule has 1 aliphatic rings. The number of para-hydroxylation sites is 1. The number of phenolic OH excluding ortho intramolecular Hbond substituents is 1. The molecule has 2 N–H and O–H groups in total. The molecule has 0 radical (unpaired) electrons. The molecule has 1 fully saturated rings. The maximum absolute atomic E-state index is 14.7. The minimum absolute atomic E-state index is 0.0592. The molecule has 0 aliphatic carbocycles. The van der Waals surface area contributed by atoms with E-state index in [9.17, 15) is 32.3 Å². The van der Waals surface area contributed by atoms with Crippen molar-refractivity contribution in [3.05, 3.63) is 58.8 Å². The third-order valence-electron chi connectivity index (χ3n) is 6.18. The van der Waals surface area contributed by atoms with E-state index >= 15 is 0 Å². The summed E-state index contributed by atoms with van der Waals surface area (Å²) in [5.74, 6) is -2.42. The monoisotopic (exact) mass is 550 g/mol. The molecule has 0 atom stereocenters. The molecule has 0 unspecified atom stereocenters. The summed E-state index contributed by atoms with van der Waals surface area (Å²) in [7, 11) is 0. The van der Waals surface area contributed by atoms with Gasteiger partial charge in [-0.2, -0.15) is 18.2 Å². The highest BCUT2D eigenvalue weighted by molar-refractivity contribution is 5.90. The number of ether oxygens (including phenoxy) is 1. The smallest absolute Gasteiger partial charge is 0.431 e. The first kappa shape index (κ1) is 27.8. The lowest BCUT2D eigenvalue weighted by Crippen LogP contribution is -2.38. The van der Waals surface area contributed by atoms with Gasteiger partial charge in [0.25, 0.3) is 5.56 Å². The summed E-state index contributed by atoms with van der Waals surface area (Å²) in [6.45, 7) is 7.26. The first-order valence-corrected chi connectivity index (χ1v) is 12.1. The van der Waals surface area contributed by atoms with Gasteiger partial charge in [0.05, 0.1) is 18.6 Å². The summed E-state index contributed by atoms with van der Waals surface area (Å²) in [4.78, 5) is 37.4. The third kappa shape index (κ3) is 5.65. The number of pyridine rings is 1. The van der Waals surface area contributed by atoms with Gasteiger partial charge in [-0.1, -0.05) is 12.6 Å². The molecule has 0 bridgehead atoms. The van der Waals surface area contributed by atoms with Gasteiger partial charge < -0.3 is 25.0 Å². The molecule has 0 saturated carbocycles. The van der Waals surface area contributed by atoms with Gasteiger partial charge in [0.15, 0.2) is 5.82 Å². The summed E-state index contributed by atoms with van der Waals surface area (Å²) in [6.07, 6.45) is -3.96. The van der Waals surface area contributed by atoms with Crippen LogP contribution in [0.1, 0.15) is 12.6 Å². The van der Waals surface area contributed by atoms with Crippen LogP contribution >= 0.6 is 0 Å². The van der Waals surface area contributed by atoms with Crippen molar-refractivity contribution in [2.75, 3.05) is 56.2 Å². The van der Waals surface area contributed by atoms with Gasteiger partial charge in [0, 0.05) is 32.7 Å². The highest BCUT2D eigenvalue weighted by Crippen LogP contribution is 2.36. The number of morpholine rings is 1. The second kappa shape index (κ2) is 11.3. The van der Waals surface area contributed by atoms with Gasteiger partial charge >= 0.3 is 6.18 Å². The molecule has 3 aromatic rings. The van der Waals surface area contributed by atoms with E-state index in [2.05, 4.69) is 21.9 Å². The molecule has 208 valence electrons. The van der Waals surface area contributed by atoms with E-state index in [0.717, 1.165) is 24.3 Å². The standard InChI is InChI=1S/C25H26F4N6O4/c1-3-19(37)33(4-2)9-8-30-22-15-14-18(25(27,28)29)35(21-16(26)6-5-7-17(21)36)23(38)20(15)31-24(32-22)34-10-12-39-13-11-34/h3,5-7,14,36H,1,4,8-13H2,2H3,(H,30,31,32). The number of alkyl halides is 3. The number of likely N-dealkylation sites (N-methyl/N-ethyl adjacent to an activating group) is 1. The Balaban J connectivity index is 1.93. The zero-order chi connectivity index (χ0) is 28.3. The second-order valence-corrected chi connectivity index (χ2v) is 8.56. The molecule has 10 nitrogen and oxygen atoms in total. The van der Waals surface area contributed by atoms with E-state index < -0.39 is 40.2 Å². The summed E-state index contributed by atoms with van der Waals surface area (Å²) < 4.78 is 62.8. The number of phenols is 1. The third-order valence-corrected chi connectivity index (χ3v) is 6.18. The molecule has 1 saturated heterocycles. The first-order chi connectivity index (χ1) is 18.6. The highest BCUT2D eigenvalue weighted by atomic mass is 19.4. The Hall–Kier alpha value is -4.20. The van der Waals surface area contributed by atoms with Gasteiger partial charge in [-0.05, 0) is 31.2 Å². The zero-order valence-electron chi connectivity index (χ0n) is 21.0. The number of carbonyl (C=O) groups excluding carboxylic acids is 1. The average Bonchev–Trinajstić information content (AvgIpc) is 2.91. The Bertz CT molecular complexity index is 1430. The summed E-state index contributed by atoms with van der Waals surface area (Å²) >= 11 is 0. The van der Waals surface area contributed by atoms with Gasteiger partial charge in [0.2, 0.25) is 11.9 Å². The number of hydrogen-bond donors (Lipinski definition) is 2. The average molecular weight is 551 g/mol. The summed E-state index contributed by atoms with van der Waals surface area (Å²) in [6, 6.07) is 3.55. The fourth-order valence-corrected chi connectivity index (χ4v) is 4.23. The molecule has 14 heteroatoms. The van der Waals surface area contributed by atoms with Crippen LogP contribution in [-0.2, 0) is 15.7 Å². The van der Waals surface area contributed by atoms with Crippen LogP contribution in [0.2, 0.25) is 0 Å². The number of carbonyl (C=O) groups is 1. The minimum atomic E-state index is -5.11. The van der Waals surface area contributed by atoms with Crippen LogP contribution in [0.4, 0.5) is 29.3 Å². The van der Waals surface area contributed by atoms with Crippen molar-refractivity contribution in [1.29, 1.82) is 0 Å². The van der Waals surface area contributed by atoms with Crippen LogP contribution in [0.15, 0.2) is 41.7 Å². The number of hydrogen-bond acceptors (Lipinski definition) is 8. The number of rotatable bonds is 8. The van der Waals surface area contributed by atoms with E-state index in [1.165, 1.54) is 4.90 Å². The van der Waals surface area contributed by atoms with Crippen molar-refractivity contribution in [3.63, 3.8) is 0 Å². The number of aromatic hydroxyl groups is 1. The number of benzene rings is 1. The molecule has 1 aliphatic heterocycles. The van der Waals surface area contributed by atoms with Gasteiger partial charge in [-0.3, -0.25) is 14.2 Å². The first-order valence-electron chi connectivity index (χ1n) is 12.1. The Morgan fingerprint density at radius 2 is 2.00 bits per heavy atom.